The second-order valence-corrected chi connectivity index (χ2v) is 4.94. The first-order chi connectivity index (χ1) is 10.5. The van der Waals surface area contributed by atoms with Crippen LogP contribution in [0.2, 0.25) is 5.02 Å². The molecule has 0 saturated heterocycles. The summed E-state index contributed by atoms with van der Waals surface area (Å²) >= 11 is 6.02. The molecule has 2 N–H and O–H groups in total. The highest BCUT2D eigenvalue weighted by Gasteiger charge is 2.13. The van der Waals surface area contributed by atoms with E-state index in [0.717, 1.165) is 0 Å². The van der Waals surface area contributed by atoms with Gasteiger partial charge in [0.2, 0.25) is 5.91 Å². The number of amides is 2. The number of carbonyl (C=O) groups is 2. The summed E-state index contributed by atoms with van der Waals surface area (Å²) < 4.78 is 13.6. The van der Waals surface area contributed by atoms with Gasteiger partial charge in [-0.25, -0.2) is 4.39 Å². The standard InChI is InChI=1S/C16H14ClFN2O2/c1-2-15(21)19-10-7-8-12(17)14(9-10)20-16(22)11-5-3-4-6-13(11)18/h3-9H,2H2,1H3,(H,19,21)(H,20,22). The zero-order valence-corrected chi connectivity index (χ0v) is 12.6. The van der Waals surface area contributed by atoms with Gasteiger partial charge >= 0.3 is 0 Å². The Hall–Kier alpha value is -2.40. The number of nitrogens with one attached hydrogen (secondary N) is 2. The minimum absolute atomic E-state index is 0.0819. The maximum Gasteiger partial charge on any atom is 0.258 e. The van der Waals surface area contributed by atoms with E-state index in [1.165, 1.54) is 24.3 Å². The van der Waals surface area contributed by atoms with Crippen LogP contribution in [0.3, 0.4) is 0 Å². The molecule has 2 aromatic carbocycles. The van der Waals surface area contributed by atoms with Crippen LogP contribution in [0.5, 0.6) is 0 Å². The lowest BCUT2D eigenvalue weighted by Crippen LogP contribution is -2.15. The normalized spacial score (nSPS) is 10.1. The van der Waals surface area contributed by atoms with Gasteiger partial charge in [-0.3, -0.25) is 9.59 Å². The molecule has 0 aliphatic heterocycles. The fourth-order valence-electron chi connectivity index (χ4n) is 1.78. The third kappa shape index (κ3) is 3.83. The van der Waals surface area contributed by atoms with E-state index in [4.69, 9.17) is 11.6 Å². The molecule has 0 saturated carbocycles. The van der Waals surface area contributed by atoms with Crippen LogP contribution in [0, 0.1) is 5.82 Å². The van der Waals surface area contributed by atoms with Gasteiger partial charge in [-0.1, -0.05) is 30.7 Å². The molecule has 2 rings (SSSR count). The van der Waals surface area contributed by atoms with Gasteiger partial charge in [0.25, 0.3) is 5.91 Å². The summed E-state index contributed by atoms with van der Waals surface area (Å²) in [5, 5.41) is 5.49. The third-order valence-corrected chi connectivity index (χ3v) is 3.27. The molecule has 0 spiro atoms. The molecule has 0 fully saturated rings. The highest BCUT2D eigenvalue weighted by molar-refractivity contribution is 6.34. The Bertz CT molecular complexity index is 719. The second kappa shape index (κ2) is 7.04. The fourth-order valence-corrected chi connectivity index (χ4v) is 1.95. The van der Waals surface area contributed by atoms with Crippen molar-refractivity contribution in [3.63, 3.8) is 0 Å². The van der Waals surface area contributed by atoms with Crippen molar-refractivity contribution in [3.05, 3.63) is 58.9 Å². The Morgan fingerprint density at radius 1 is 1.14 bits per heavy atom. The zero-order chi connectivity index (χ0) is 16.1. The Balaban J connectivity index is 2.22. The molecule has 2 aromatic rings. The van der Waals surface area contributed by atoms with E-state index in [0.29, 0.717) is 22.8 Å². The second-order valence-electron chi connectivity index (χ2n) is 4.53. The Labute approximate surface area is 132 Å². The Morgan fingerprint density at radius 2 is 1.86 bits per heavy atom. The largest absolute Gasteiger partial charge is 0.326 e. The van der Waals surface area contributed by atoms with Crippen molar-refractivity contribution in [2.24, 2.45) is 0 Å². The first kappa shape index (κ1) is 16.0. The molecular weight excluding hydrogens is 307 g/mol. The van der Waals surface area contributed by atoms with Crippen LogP contribution in [0.1, 0.15) is 23.7 Å². The third-order valence-electron chi connectivity index (χ3n) is 2.94. The molecule has 0 heterocycles. The Morgan fingerprint density at radius 3 is 2.55 bits per heavy atom. The summed E-state index contributed by atoms with van der Waals surface area (Å²) in [6.45, 7) is 1.73. The molecular formula is C16H14ClFN2O2. The van der Waals surface area contributed by atoms with Crippen molar-refractivity contribution in [1.29, 1.82) is 0 Å². The van der Waals surface area contributed by atoms with Gasteiger partial charge in [-0.05, 0) is 30.3 Å². The molecule has 0 radical (unpaired) electrons. The first-order valence-corrected chi connectivity index (χ1v) is 7.04. The monoisotopic (exact) mass is 320 g/mol. The number of hydrogen-bond donors (Lipinski definition) is 2. The van der Waals surface area contributed by atoms with Crippen molar-refractivity contribution in [3.8, 4) is 0 Å². The van der Waals surface area contributed by atoms with Gasteiger partial charge in [0.1, 0.15) is 5.82 Å². The van der Waals surface area contributed by atoms with Crippen LogP contribution in [0.15, 0.2) is 42.5 Å². The SMILES string of the molecule is CCC(=O)Nc1ccc(Cl)c(NC(=O)c2ccccc2F)c1. The lowest BCUT2D eigenvalue weighted by Gasteiger charge is -2.10. The van der Waals surface area contributed by atoms with E-state index in [1.54, 1.807) is 25.1 Å². The van der Waals surface area contributed by atoms with E-state index in [9.17, 15) is 14.0 Å². The van der Waals surface area contributed by atoms with Crippen molar-refractivity contribution >= 4 is 34.8 Å². The predicted octanol–water partition coefficient (Wildman–Crippen LogP) is 4.08. The van der Waals surface area contributed by atoms with E-state index in [-0.39, 0.29) is 11.5 Å². The lowest BCUT2D eigenvalue weighted by molar-refractivity contribution is -0.115. The smallest absolute Gasteiger partial charge is 0.258 e. The molecule has 0 aliphatic carbocycles. The van der Waals surface area contributed by atoms with Crippen molar-refractivity contribution in [1.82, 2.24) is 0 Å². The summed E-state index contributed by atoms with van der Waals surface area (Å²) in [5.74, 6) is -1.39. The minimum atomic E-state index is -0.619. The van der Waals surface area contributed by atoms with Gasteiger partial charge in [0.05, 0.1) is 16.3 Å². The molecule has 0 aliphatic rings. The molecule has 2 amide bonds. The fraction of sp³-hybridized carbons (Fsp3) is 0.125. The number of rotatable bonds is 4. The van der Waals surface area contributed by atoms with Gasteiger partial charge < -0.3 is 10.6 Å². The molecule has 22 heavy (non-hydrogen) atoms. The summed E-state index contributed by atoms with van der Waals surface area (Å²) in [6.07, 6.45) is 0.333. The molecule has 4 nitrogen and oxygen atoms in total. The minimum Gasteiger partial charge on any atom is -0.326 e. The summed E-state index contributed by atoms with van der Waals surface area (Å²) in [6, 6.07) is 10.3. The maximum atomic E-state index is 13.6. The van der Waals surface area contributed by atoms with E-state index < -0.39 is 11.7 Å². The Kier molecular flexibility index (Phi) is 5.12. The quantitative estimate of drug-likeness (QED) is 0.891. The van der Waals surface area contributed by atoms with Crippen LogP contribution in [-0.2, 0) is 4.79 Å². The maximum absolute atomic E-state index is 13.6. The van der Waals surface area contributed by atoms with E-state index >= 15 is 0 Å². The molecule has 6 heteroatoms. The van der Waals surface area contributed by atoms with Crippen molar-refractivity contribution in [2.75, 3.05) is 10.6 Å². The summed E-state index contributed by atoms with van der Waals surface area (Å²) in [5.41, 5.74) is 0.713. The molecule has 0 atom stereocenters. The number of hydrogen-bond acceptors (Lipinski definition) is 2. The van der Waals surface area contributed by atoms with Crippen LogP contribution < -0.4 is 10.6 Å². The van der Waals surface area contributed by atoms with Crippen molar-refractivity contribution in [2.45, 2.75) is 13.3 Å². The molecule has 0 aromatic heterocycles. The number of benzene rings is 2. The van der Waals surface area contributed by atoms with E-state index in [1.807, 2.05) is 0 Å². The number of carbonyl (C=O) groups excluding carboxylic acids is 2. The summed E-state index contributed by atoms with van der Waals surface area (Å²) in [7, 11) is 0. The summed E-state index contributed by atoms with van der Waals surface area (Å²) in [4.78, 5) is 23.5. The van der Waals surface area contributed by atoms with Crippen LogP contribution in [0.25, 0.3) is 0 Å². The molecule has 114 valence electrons. The van der Waals surface area contributed by atoms with Gasteiger partial charge in [0, 0.05) is 12.1 Å². The van der Waals surface area contributed by atoms with E-state index in [2.05, 4.69) is 10.6 Å². The lowest BCUT2D eigenvalue weighted by atomic mass is 10.2. The highest BCUT2D eigenvalue weighted by Crippen LogP contribution is 2.26. The average molecular weight is 321 g/mol. The van der Waals surface area contributed by atoms with Crippen LogP contribution in [-0.4, -0.2) is 11.8 Å². The highest BCUT2D eigenvalue weighted by atomic mass is 35.5. The number of anilines is 2. The van der Waals surface area contributed by atoms with Gasteiger partial charge in [0.15, 0.2) is 0 Å². The predicted molar refractivity (Wildman–Crippen MR) is 84.7 cm³/mol. The number of halogens is 2. The topological polar surface area (TPSA) is 58.2 Å². The first-order valence-electron chi connectivity index (χ1n) is 6.66. The molecule has 0 bridgehead atoms. The van der Waals surface area contributed by atoms with Gasteiger partial charge in [-0.15, -0.1) is 0 Å². The van der Waals surface area contributed by atoms with Crippen molar-refractivity contribution < 1.29 is 14.0 Å². The molecule has 0 unspecified atom stereocenters. The van der Waals surface area contributed by atoms with Crippen LogP contribution >= 0.6 is 11.6 Å². The zero-order valence-electron chi connectivity index (χ0n) is 11.8. The average Bonchev–Trinajstić information content (AvgIpc) is 2.50. The van der Waals surface area contributed by atoms with Gasteiger partial charge in [-0.2, -0.15) is 0 Å². The van der Waals surface area contributed by atoms with Crippen LogP contribution in [0.4, 0.5) is 15.8 Å².